The summed E-state index contributed by atoms with van der Waals surface area (Å²) < 4.78 is 10.8. The van der Waals surface area contributed by atoms with E-state index in [1.807, 2.05) is 6.92 Å². The molecule has 5 nitrogen and oxygen atoms in total. The maximum Gasteiger partial charge on any atom is 0.255 e. The molecule has 0 radical (unpaired) electrons. The van der Waals surface area contributed by atoms with Crippen molar-refractivity contribution >= 4 is 0 Å². The summed E-state index contributed by atoms with van der Waals surface area (Å²) in [7, 11) is 0. The van der Waals surface area contributed by atoms with Gasteiger partial charge in [-0.05, 0) is 26.7 Å². The van der Waals surface area contributed by atoms with Gasteiger partial charge in [0.1, 0.15) is 6.10 Å². The highest BCUT2D eigenvalue weighted by Crippen LogP contribution is 2.31. The van der Waals surface area contributed by atoms with Crippen LogP contribution < -0.4 is 5.73 Å². The maximum atomic E-state index is 5.66. The van der Waals surface area contributed by atoms with Crippen molar-refractivity contribution in [2.75, 3.05) is 0 Å². The second-order valence-electron chi connectivity index (χ2n) is 4.24. The number of nitrogens with zero attached hydrogens (tertiary/aromatic N) is 2. The van der Waals surface area contributed by atoms with E-state index < -0.39 is 0 Å². The lowest BCUT2D eigenvalue weighted by molar-refractivity contribution is 0.0355. The molecule has 1 aromatic rings. The van der Waals surface area contributed by atoms with E-state index >= 15 is 0 Å². The molecule has 1 aromatic heterocycles. The number of aromatic nitrogens is 2. The van der Waals surface area contributed by atoms with Crippen molar-refractivity contribution in [3.05, 3.63) is 11.7 Å². The van der Waals surface area contributed by atoms with Crippen molar-refractivity contribution < 1.29 is 9.26 Å². The predicted molar refractivity (Wildman–Crippen MR) is 54.2 cm³/mol. The Morgan fingerprint density at radius 2 is 2.33 bits per heavy atom. The van der Waals surface area contributed by atoms with Gasteiger partial charge in [0.25, 0.3) is 5.89 Å². The van der Waals surface area contributed by atoms with Crippen LogP contribution in [0.1, 0.15) is 44.5 Å². The average molecular weight is 211 g/mol. The molecule has 2 N–H and O–H groups in total. The molecular weight excluding hydrogens is 194 g/mol. The van der Waals surface area contributed by atoms with Crippen molar-refractivity contribution in [3.8, 4) is 0 Å². The molecule has 1 fully saturated rings. The van der Waals surface area contributed by atoms with Gasteiger partial charge >= 0.3 is 0 Å². The van der Waals surface area contributed by atoms with Crippen LogP contribution >= 0.6 is 0 Å². The Bertz CT molecular complexity index is 324. The predicted octanol–water partition coefficient (Wildman–Crippen LogP) is 1.20. The first-order valence-electron chi connectivity index (χ1n) is 5.38. The molecule has 1 aliphatic heterocycles. The van der Waals surface area contributed by atoms with Gasteiger partial charge in [0, 0.05) is 12.5 Å². The summed E-state index contributed by atoms with van der Waals surface area (Å²) in [6.07, 6.45) is 2.93. The average Bonchev–Trinajstić information content (AvgIpc) is 2.72. The van der Waals surface area contributed by atoms with Gasteiger partial charge in [-0.3, -0.25) is 0 Å². The Kier molecular flexibility index (Phi) is 3.02. The number of ether oxygens (including phenoxy) is 1. The molecule has 0 spiro atoms. The Hall–Kier alpha value is -0.940. The number of hydrogen-bond donors (Lipinski definition) is 1. The van der Waals surface area contributed by atoms with E-state index in [0.29, 0.717) is 24.2 Å². The maximum absolute atomic E-state index is 5.66. The van der Waals surface area contributed by atoms with Crippen LogP contribution in [0, 0.1) is 0 Å². The number of hydrogen-bond acceptors (Lipinski definition) is 5. The first kappa shape index (κ1) is 10.6. The topological polar surface area (TPSA) is 74.2 Å². The summed E-state index contributed by atoms with van der Waals surface area (Å²) in [6.45, 7) is 3.98. The quantitative estimate of drug-likeness (QED) is 0.813. The van der Waals surface area contributed by atoms with Crippen molar-refractivity contribution in [2.24, 2.45) is 5.73 Å². The van der Waals surface area contributed by atoms with Crippen LogP contribution in [0.4, 0.5) is 0 Å². The molecular formula is C10H17N3O2. The van der Waals surface area contributed by atoms with Crippen molar-refractivity contribution in [1.29, 1.82) is 0 Å². The minimum Gasteiger partial charge on any atom is -0.365 e. The van der Waals surface area contributed by atoms with Crippen molar-refractivity contribution in [3.63, 3.8) is 0 Å². The zero-order chi connectivity index (χ0) is 10.8. The summed E-state index contributed by atoms with van der Waals surface area (Å²) in [5.74, 6) is 1.26. The van der Waals surface area contributed by atoms with Crippen molar-refractivity contribution in [2.45, 2.75) is 51.4 Å². The van der Waals surface area contributed by atoms with Crippen LogP contribution in [0.3, 0.4) is 0 Å². The third-order valence-electron chi connectivity index (χ3n) is 2.50. The molecule has 84 valence electrons. The molecule has 0 saturated carbocycles. The first-order valence-corrected chi connectivity index (χ1v) is 5.38. The summed E-state index contributed by atoms with van der Waals surface area (Å²) in [6, 6.07) is 0.0545. The molecule has 0 aromatic carbocycles. The molecule has 1 aliphatic rings. The lowest BCUT2D eigenvalue weighted by Gasteiger charge is -2.04. The van der Waals surface area contributed by atoms with Gasteiger partial charge in [-0.1, -0.05) is 5.16 Å². The minimum atomic E-state index is -0.0191. The summed E-state index contributed by atoms with van der Waals surface area (Å²) >= 11 is 0. The monoisotopic (exact) mass is 211 g/mol. The van der Waals surface area contributed by atoms with E-state index in [2.05, 4.69) is 17.1 Å². The molecule has 15 heavy (non-hydrogen) atoms. The molecule has 0 aliphatic carbocycles. The smallest absolute Gasteiger partial charge is 0.255 e. The first-order chi connectivity index (χ1) is 7.15. The van der Waals surface area contributed by atoms with Gasteiger partial charge < -0.3 is 15.0 Å². The fraction of sp³-hybridized carbons (Fsp3) is 0.800. The van der Waals surface area contributed by atoms with Crippen LogP contribution in [0.2, 0.25) is 0 Å². The van der Waals surface area contributed by atoms with Gasteiger partial charge in [0.05, 0.1) is 6.10 Å². The van der Waals surface area contributed by atoms with Gasteiger partial charge in [-0.15, -0.1) is 0 Å². The second kappa shape index (κ2) is 4.28. The molecule has 5 heteroatoms. The van der Waals surface area contributed by atoms with E-state index in [9.17, 15) is 0 Å². The SMILES string of the molecule is CC(N)Cc1noc(C2CCC(C)O2)n1. The van der Waals surface area contributed by atoms with E-state index in [4.69, 9.17) is 15.0 Å². The van der Waals surface area contributed by atoms with Crippen LogP contribution in [0.25, 0.3) is 0 Å². The van der Waals surface area contributed by atoms with E-state index in [0.717, 1.165) is 12.8 Å². The van der Waals surface area contributed by atoms with E-state index in [1.54, 1.807) is 0 Å². The van der Waals surface area contributed by atoms with Crippen LogP contribution in [-0.4, -0.2) is 22.3 Å². The van der Waals surface area contributed by atoms with Crippen LogP contribution in [0.15, 0.2) is 4.52 Å². The largest absolute Gasteiger partial charge is 0.365 e. The normalized spacial score (nSPS) is 28.2. The second-order valence-corrected chi connectivity index (χ2v) is 4.24. The molecule has 1 saturated heterocycles. The molecule has 0 amide bonds. The van der Waals surface area contributed by atoms with Crippen LogP contribution in [-0.2, 0) is 11.2 Å². The third-order valence-corrected chi connectivity index (χ3v) is 2.50. The van der Waals surface area contributed by atoms with Crippen LogP contribution in [0.5, 0.6) is 0 Å². The number of nitrogens with two attached hydrogens (primary N) is 1. The Labute approximate surface area is 89.0 Å². The summed E-state index contributed by atoms with van der Waals surface area (Å²) in [5, 5.41) is 3.88. The molecule has 0 bridgehead atoms. The van der Waals surface area contributed by atoms with Gasteiger partial charge in [0.15, 0.2) is 5.82 Å². The fourth-order valence-electron chi connectivity index (χ4n) is 1.75. The summed E-state index contributed by atoms with van der Waals surface area (Å²) in [4.78, 5) is 4.28. The standard InChI is InChI=1S/C10H17N3O2/c1-6(11)5-9-12-10(15-13-9)8-4-3-7(2)14-8/h6-8H,3-5,11H2,1-2H3. The van der Waals surface area contributed by atoms with E-state index in [-0.39, 0.29) is 12.1 Å². The third kappa shape index (κ3) is 2.54. The molecule has 3 unspecified atom stereocenters. The molecule has 2 heterocycles. The zero-order valence-corrected chi connectivity index (χ0v) is 9.14. The van der Waals surface area contributed by atoms with Gasteiger partial charge in [-0.25, -0.2) is 0 Å². The number of rotatable bonds is 3. The highest BCUT2D eigenvalue weighted by molar-refractivity contribution is 4.94. The van der Waals surface area contributed by atoms with Crippen molar-refractivity contribution in [1.82, 2.24) is 10.1 Å². The summed E-state index contributed by atoms with van der Waals surface area (Å²) in [5.41, 5.74) is 5.66. The minimum absolute atomic E-state index is 0.0191. The van der Waals surface area contributed by atoms with Gasteiger partial charge in [-0.2, -0.15) is 4.98 Å². The fourth-order valence-corrected chi connectivity index (χ4v) is 1.75. The lowest BCUT2D eigenvalue weighted by Crippen LogP contribution is -2.18. The zero-order valence-electron chi connectivity index (χ0n) is 9.14. The van der Waals surface area contributed by atoms with Gasteiger partial charge in [0.2, 0.25) is 0 Å². The van der Waals surface area contributed by atoms with E-state index in [1.165, 1.54) is 0 Å². The Morgan fingerprint density at radius 3 is 2.93 bits per heavy atom. The highest BCUT2D eigenvalue weighted by atomic mass is 16.5. The molecule has 2 rings (SSSR count). The molecule has 3 atom stereocenters. The Morgan fingerprint density at radius 1 is 1.53 bits per heavy atom. The Balaban J connectivity index is 2.00. The lowest BCUT2D eigenvalue weighted by atomic mass is 10.2. The highest BCUT2D eigenvalue weighted by Gasteiger charge is 2.28.